The standard InChI is InChI=1S/C21H21FN4O2S/c1-3-15-9-16-18(29-15)10-17-21(28)25(24-19(4-2)26(16)17)12-20(27)23-11-13-5-7-14(22)8-6-13/h5-10H,3-4,11-12H2,1-2H3,(H,23,27). The summed E-state index contributed by atoms with van der Waals surface area (Å²) in [6, 6.07) is 9.90. The Bertz CT molecular complexity index is 1250. The van der Waals surface area contributed by atoms with Crippen molar-refractivity contribution in [3.05, 3.63) is 68.8 Å². The van der Waals surface area contributed by atoms with Gasteiger partial charge >= 0.3 is 0 Å². The zero-order valence-electron chi connectivity index (χ0n) is 16.2. The molecule has 1 amide bonds. The van der Waals surface area contributed by atoms with Crippen LogP contribution in [-0.2, 0) is 30.7 Å². The van der Waals surface area contributed by atoms with Gasteiger partial charge in [0.1, 0.15) is 23.7 Å². The topological polar surface area (TPSA) is 68.4 Å². The third kappa shape index (κ3) is 3.67. The van der Waals surface area contributed by atoms with E-state index < -0.39 is 0 Å². The fraction of sp³-hybridized carbons (Fsp3) is 0.286. The van der Waals surface area contributed by atoms with E-state index in [0.29, 0.717) is 11.9 Å². The average Bonchev–Trinajstić information content (AvgIpc) is 3.28. The van der Waals surface area contributed by atoms with E-state index in [0.717, 1.165) is 28.0 Å². The summed E-state index contributed by atoms with van der Waals surface area (Å²) >= 11 is 1.67. The van der Waals surface area contributed by atoms with Gasteiger partial charge in [-0.3, -0.25) is 14.0 Å². The molecule has 0 fully saturated rings. The van der Waals surface area contributed by atoms with E-state index >= 15 is 0 Å². The van der Waals surface area contributed by atoms with Crippen LogP contribution in [-0.4, -0.2) is 20.1 Å². The number of nitrogens with zero attached hydrogens (tertiary/aromatic N) is 3. The van der Waals surface area contributed by atoms with Crippen molar-refractivity contribution in [2.24, 2.45) is 0 Å². The van der Waals surface area contributed by atoms with Crippen molar-refractivity contribution in [1.29, 1.82) is 0 Å². The van der Waals surface area contributed by atoms with Crippen LogP contribution in [0.4, 0.5) is 4.39 Å². The van der Waals surface area contributed by atoms with Gasteiger partial charge in [-0.25, -0.2) is 9.07 Å². The summed E-state index contributed by atoms with van der Waals surface area (Å²) in [5.41, 5.74) is 2.02. The van der Waals surface area contributed by atoms with Gasteiger partial charge < -0.3 is 5.32 Å². The van der Waals surface area contributed by atoms with Gasteiger partial charge in [0.2, 0.25) is 5.91 Å². The second kappa shape index (κ2) is 7.79. The number of benzene rings is 1. The molecule has 0 aliphatic carbocycles. The van der Waals surface area contributed by atoms with E-state index in [-0.39, 0.29) is 30.4 Å². The van der Waals surface area contributed by atoms with Crippen molar-refractivity contribution >= 4 is 33.0 Å². The molecule has 0 saturated heterocycles. The molecule has 0 aliphatic heterocycles. The highest BCUT2D eigenvalue weighted by atomic mass is 32.1. The Morgan fingerprint density at radius 2 is 1.90 bits per heavy atom. The monoisotopic (exact) mass is 412 g/mol. The number of amides is 1. The van der Waals surface area contributed by atoms with Gasteiger partial charge in [-0.1, -0.05) is 26.0 Å². The van der Waals surface area contributed by atoms with Crippen LogP contribution in [0, 0.1) is 5.82 Å². The van der Waals surface area contributed by atoms with Crippen molar-refractivity contribution < 1.29 is 9.18 Å². The molecule has 6 nitrogen and oxygen atoms in total. The van der Waals surface area contributed by atoms with Crippen molar-refractivity contribution in [2.75, 3.05) is 0 Å². The second-order valence-corrected chi connectivity index (χ2v) is 7.98. The summed E-state index contributed by atoms with van der Waals surface area (Å²) < 4.78 is 17.2. The lowest BCUT2D eigenvalue weighted by molar-refractivity contribution is -0.122. The number of hydrogen-bond acceptors (Lipinski definition) is 4. The van der Waals surface area contributed by atoms with Crippen molar-refractivity contribution in [3.8, 4) is 0 Å². The summed E-state index contributed by atoms with van der Waals surface area (Å²) in [6.07, 6.45) is 1.58. The van der Waals surface area contributed by atoms with Gasteiger partial charge in [0.05, 0.1) is 10.2 Å². The number of hydrogen-bond donors (Lipinski definition) is 1. The van der Waals surface area contributed by atoms with Gasteiger partial charge in [-0.05, 0) is 36.2 Å². The Balaban J connectivity index is 1.61. The fourth-order valence-electron chi connectivity index (χ4n) is 3.35. The zero-order chi connectivity index (χ0) is 20.5. The highest BCUT2D eigenvalue weighted by molar-refractivity contribution is 7.19. The molecule has 150 valence electrons. The first-order valence-electron chi connectivity index (χ1n) is 9.55. The van der Waals surface area contributed by atoms with E-state index in [4.69, 9.17) is 0 Å². The summed E-state index contributed by atoms with van der Waals surface area (Å²) in [7, 11) is 0. The highest BCUT2D eigenvalue weighted by Crippen LogP contribution is 2.29. The summed E-state index contributed by atoms with van der Waals surface area (Å²) in [5, 5.41) is 7.19. The Kier molecular flexibility index (Phi) is 5.19. The first kappa shape index (κ1) is 19.3. The molecule has 8 heteroatoms. The predicted octanol–water partition coefficient (Wildman–Crippen LogP) is 3.29. The fourth-order valence-corrected chi connectivity index (χ4v) is 4.37. The van der Waals surface area contributed by atoms with E-state index in [2.05, 4.69) is 23.4 Å². The Morgan fingerprint density at radius 1 is 1.14 bits per heavy atom. The third-order valence-corrected chi connectivity index (χ3v) is 6.07. The molecule has 0 atom stereocenters. The van der Waals surface area contributed by atoms with Crippen LogP contribution in [0.2, 0.25) is 0 Å². The first-order chi connectivity index (χ1) is 14.0. The quantitative estimate of drug-likeness (QED) is 0.528. The molecule has 0 spiro atoms. The lowest BCUT2D eigenvalue weighted by atomic mass is 10.2. The third-order valence-electron chi connectivity index (χ3n) is 4.85. The second-order valence-electron chi connectivity index (χ2n) is 6.82. The van der Waals surface area contributed by atoms with Crippen LogP contribution in [0.5, 0.6) is 0 Å². The number of aryl methyl sites for hydroxylation is 2. The molecule has 3 aromatic heterocycles. The minimum absolute atomic E-state index is 0.164. The van der Waals surface area contributed by atoms with Gasteiger partial charge in [0, 0.05) is 17.8 Å². The van der Waals surface area contributed by atoms with Crippen LogP contribution in [0.1, 0.15) is 30.1 Å². The van der Waals surface area contributed by atoms with Gasteiger partial charge in [0.25, 0.3) is 5.56 Å². The number of aromatic nitrogens is 3. The highest BCUT2D eigenvalue weighted by Gasteiger charge is 2.17. The molecule has 0 aliphatic rings. The predicted molar refractivity (Wildman–Crippen MR) is 112 cm³/mol. The summed E-state index contributed by atoms with van der Waals surface area (Å²) in [6.45, 7) is 4.18. The Morgan fingerprint density at radius 3 is 2.59 bits per heavy atom. The number of carbonyl (C=O) groups excluding carboxylic acids is 1. The van der Waals surface area contributed by atoms with E-state index in [1.807, 2.05) is 17.4 Å². The molecule has 3 heterocycles. The number of thiophene rings is 1. The number of halogens is 1. The molecule has 0 bridgehead atoms. The molecular formula is C21H21FN4O2S. The molecule has 1 N–H and O–H groups in total. The number of nitrogens with one attached hydrogen (secondary N) is 1. The van der Waals surface area contributed by atoms with Crippen LogP contribution in [0.25, 0.3) is 15.7 Å². The molecule has 29 heavy (non-hydrogen) atoms. The van der Waals surface area contributed by atoms with Crippen LogP contribution in [0.3, 0.4) is 0 Å². The van der Waals surface area contributed by atoms with Crippen LogP contribution < -0.4 is 10.9 Å². The van der Waals surface area contributed by atoms with Crippen molar-refractivity contribution in [3.63, 3.8) is 0 Å². The van der Waals surface area contributed by atoms with Crippen molar-refractivity contribution in [1.82, 2.24) is 19.5 Å². The average molecular weight is 412 g/mol. The van der Waals surface area contributed by atoms with Gasteiger partial charge in [-0.2, -0.15) is 5.10 Å². The van der Waals surface area contributed by atoms with E-state index in [9.17, 15) is 14.0 Å². The van der Waals surface area contributed by atoms with Crippen LogP contribution in [0.15, 0.2) is 41.2 Å². The normalized spacial score (nSPS) is 11.4. The van der Waals surface area contributed by atoms with Gasteiger partial charge in [-0.15, -0.1) is 11.3 Å². The number of fused-ring (bicyclic) bond motifs is 3. The number of carbonyl (C=O) groups is 1. The number of rotatable bonds is 6. The first-order valence-corrected chi connectivity index (χ1v) is 10.4. The molecule has 0 saturated carbocycles. The Labute approximate surface area is 170 Å². The minimum atomic E-state index is -0.325. The largest absolute Gasteiger partial charge is 0.350 e. The Hall–Kier alpha value is -3.00. The van der Waals surface area contributed by atoms with Gasteiger partial charge in [0.15, 0.2) is 0 Å². The SMILES string of the molecule is CCc1cc2c(cc3c(=O)n(CC(=O)NCc4ccc(F)cc4)nc(CC)n32)s1. The maximum Gasteiger partial charge on any atom is 0.291 e. The molecular weight excluding hydrogens is 391 g/mol. The lowest BCUT2D eigenvalue weighted by Gasteiger charge is -2.10. The van der Waals surface area contributed by atoms with E-state index in [1.165, 1.54) is 21.7 Å². The molecule has 0 unspecified atom stereocenters. The lowest BCUT2D eigenvalue weighted by Crippen LogP contribution is -2.35. The summed E-state index contributed by atoms with van der Waals surface area (Å²) in [4.78, 5) is 26.5. The summed E-state index contributed by atoms with van der Waals surface area (Å²) in [5.74, 6) is 0.0905. The molecule has 4 rings (SSSR count). The van der Waals surface area contributed by atoms with E-state index in [1.54, 1.807) is 23.5 Å². The van der Waals surface area contributed by atoms with Crippen LogP contribution >= 0.6 is 11.3 Å². The zero-order valence-corrected chi connectivity index (χ0v) is 17.1. The molecule has 1 aromatic carbocycles. The molecule has 0 radical (unpaired) electrons. The smallest absolute Gasteiger partial charge is 0.291 e. The molecule has 4 aromatic rings. The van der Waals surface area contributed by atoms with Crippen molar-refractivity contribution in [2.45, 2.75) is 39.8 Å². The maximum atomic E-state index is 13.0. The minimum Gasteiger partial charge on any atom is -0.350 e. The maximum absolute atomic E-state index is 13.0.